The molecule has 0 radical (unpaired) electrons. The Kier molecular flexibility index (Phi) is 5.73. The average molecular weight is 434 g/mol. The summed E-state index contributed by atoms with van der Waals surface area (Å²) in [5, 5.41) is 58.9. The number of aromatic hydroxyl groups is 2. The predicted octanol–water partition coefficient (Wildman–Crippen LogP) is -0.269. The van der Waals surface area contributed by atoms with Crippen molar-refractivity contribution in [1.29, 1.82) is 0 Å². The largest absolute Gasteiger partial charge is 0.508 e. The van der Waals surface area contributed by atoms with E-state index in [1.165, 1.54) is 18.2 Å². The molecule has 0 spiro atoms. The maximum atomic E-state index is 12.8. The zero-order valence-electron chi connectivity index (χ0n) is 16.2. The number of ether oxygens (including phenoxy) is 3. The van der Waals surface area contributed by atoms with Gasteiger partial charge in [-0.3, -0.25) is 0 Å². The number of aliphatic hydroxyl groups excluding tert-OH is 4. The SMILES string of the molecule is O=C1OC(c2ccc(O)cc2)Cc2cc(O)cc(OC3OC(CO)C(O)C(O)C3O)c21. The van der Waals surface area contributed by atoms with Gasteiger partial charge >= 0.3 is 5.97 Å². The molecule has 10 heteroatoms. The summed E-state index contributed by atoms with van der Waals surface area (Å²) in [6.45, 7) is -0.640. The lowest BCUT2D eigenvalue weighted by Crippen LogP contribution is -2.60. The Balaban J connectivity index is 1.63. The number of phenolic OH excluding ortho intramolecular Hbond substituents is 2. The highest BCUT2D eigenvalue weighted by atomic mass is 16.7. The smallest absolute Gasteiger partial charge is 0.342 e. The van der Waals surface area contributed by atoms with Crippen LogP contribution in [0.5, 0.6) is 17.2 Å². The minimum atomic E-state index is -1.68. The van der Waals surface area contributed by atoms with Gasteiger partial charge in [-0.1, -0.05) is 12.1 Å². The normalized spacial score (nSPS) is 30.4. The van der Waals surface area contributed by atoms with Crippen LogP contribution in [0.25, 0.3) is 0 Å². The van der Waals surface area contributed by atoms with Crippen LogP contribution in [-0.4, -0.2) is 73.9 Å². The van der Waals surface area contributed by atoms with Crippen molar-refractivity contribution in [3.05, 3.63) is 53.1 Å². The third-order valence-corrected chi connectivity index (χ3v) is 5.38. The summed E-state index contributed by atoms with van der Waals surface area (Å²) >= 11 is 0. The Morgan fingerprint density at radius 3 is 2.35 bits per heavy atom. The molecule has 0 bridgehead atoms. The molecule has 2 aliphatic rings. The lowest BCUT2D eigenvalue weighted by atomic mass is 9.93. The molecule has 0 saturated carbocycles. The molecule has 4 rings (SSSR count). The van der Waals surface area contributed by atoms with E-state index in [4.69, 9.17) is 14.2 Å². The number of fused-ring (bicyclic) bond motifs is 1. The fourth-order valence-corrected chi connectivity index (χ4v) is 3.74. The van der Waals surface area contributed by atoms with Gasteiger partial charge in [-0.2, -0.15) is 0 Å². The van der Waals surface area contributed by atoms with E-state index in [1.807, 2.05) is 0 Å². The van der Waals surface area contributed by atoms with Crippen LogP contribution in [-0.2, 0) is 15.9 Å². The maximum absolute atomic E-state index is 12.8. The van der Waals surface area contributed by atoms with E-state index in [0.29, 0.717) is 11.1 Å². The van der Waals surface area contributed by atoms with E-state index in [9.17, 15) is 35.4 Å². The quantitative estimate of drug-likeness (QED) is 0.353. The zero-order chi connectivity index (χ0) is 22.3. The van der Waals surface area contributed by atoms with Crippen molar-refractivity contribution in [2.24, 2.45) is 0 Å². The van der Waals surface area contributed by atoms with Gasteiger partial charge in [-0.15, -0.1) is 0 Å². The number of esters is 1. The molecule has 6 unspecified atom stereocenters. The van der Waals surface area contributed by atoms with Crippen LogP contribution in [0.1, 0.15) is 27.6 Å². The first kappa shape index (κ1) is 21.3. The van der Waals surface area contributed by atoms with Crippen LogP contribution < -0.4 is 4.74 Å². The van der Waals surface area contributed by atoms with Crippen molar-refractivity contribution < 1.29 is 49.6 Å². The lowest BCUT2D eigenvalue weighted by molar-refractivity contribution is -0.277. The molecule has 6 N–H and O–H groups in total. The third kappa shape index (κ3) is 4.03. The summed E-state index contributed by atoms with van der Waals surface area (Å²) in [4.78, 5) is 12.8. The van der Waals surface area contributed by atoms with E-state index < -0.39 is 49.4 Å². The Morgan fingerprint density at radius 2 is 1.68 bits per heavy atom. The van der Waals surface area contributed by atoms with Crippen molar-refractivity contribution in [3.8, 4) is 17.2 Å². The molecule has 2 heterocycles. The molecule has 0 amide bonds. The minimum absolute atomic E-state index is 0.0183. The highest BCUT2D eigenvalue weighted by Gasteiger charge is 2.45. The summed E-state index contributed by atoms with van der Waals surface area (Å²) in [6.07, 6.45) is -8.05. The van der Waals surface area contributed by atoms with E-state index >= 15 is 0 Å². The van der Waals surface area contributed by atoms with E-state index in [0.717, 1.165) is 6.07 Å². The fraction of sp³-hybridized carbons (Fsp3) is 0.381. The first-order valence-electron chi connectivity index (χ1n) is 9.61. The third-order valence-electron chi connectivity index (χ3n) is 5.38. The van der Waals surface area contributed by atoms with Crippen molar-refractivity contribution in [1.82, 2.24) is 0 Å². The van der Waals surface area contributed by atoms with Gasteiger partial charge in [0.1, 0.15) is 53.3 Å². The number of carbonyl (C=O) groups is 1. The Bertz CT molecular complexity index is 957. The second kappa shape index (κ2) is 8.33. The standard InChI is InChI=1S/C21H22O10/c22-8-15-17(25)18(26)19(27)21(31-15)30-14-7-12(24)5-10-6-13(29-20(28)16(10)14)9-1-3-11(23)4-2-9/h1-5,7,13,15,17-19,21-27H,6,8H2. The molecule has 10 nitrogen and oxygen atoms in total. The molecule has 166 valence electrons. The van der Waals surface area contributed by atoms with Gasteiger partial charge in [-0.25, -0.2) is 4.79 Å². The molecule has 31 heavy (non-hydrogen) atoms. The Morgan fingerprint density at radius 1 is 0.968 bits per heavy atom. The molecule has 2 aromatic rings. The lowest BCUT2D eigenvalue weighted by Gasteiger charge is -2.40. The van der Waals surface area contributed by atoms with Gasteiger partial charge in [-0.05, 0) is 29.3 Å². The Labute approximate surface area is 176 Å². The average Bonchev–Trinajstić information content (AvgIpc) is 2.74. The number of aliphatic hydroxyl groups is 4. The second-order valence-electron chi connectivity index (χ2n) is 7.48. The van der Waals surface area contributed by atoms with Crippen molar-refractivity contribution in [2.75, 3.05) is 6.61 Å². The summed E-state index contributed by atoms with van der Waals surface area (Å²) in [5.74, 6) is -1.02. The van der Waals surface area contributed by atoms with Gasteiger partial charge in [0.15, 0.2) is 0 Å². The van der Waals surface area contributed by atoms with Crippen molar-refractivity contribution >= 4 is 5.97 Å². The topological polar surface area (TPSA) is 166 Å². The summed E-state index contributed by atoms with van der Waals surface area (Å²) in [6, 6.07) is 8.70. The second-order valence-corrected chi connectivity index (χ2v) is 7.48. The number of hydrogen-bond donors (Lipinski definition) is 6. The van der Waals surface area contributed by atoms with E-state index in [2.05, 4.69) is 0 Å². The molecule has 1 fully saturated rings. The van der Waals surface area contributed by atoms with Crippen molar-refractivity contribution in [3.63, 3.8) is 0 Å². The molecule has 0 aromatic heterocycles. The number of cyclic esters (lactones) is 1. The predicted molar refractivity (Wildman–Crippen MR) is 102 cm³/mol. The highest BCUT2D eigenvalue weighted by Crippen LogP contribution is 2.39. The van der Waals surface area contributed by atoms with Crippen LogP contribution in [0.15, 0.2) is 36.4 Å². The zero-order valence-corrected chi connectivity index (χ0v) is 16.2. The van der Waals surface area contributed by atoms with Crippen LogP contribution in [0, 0.1) is 0 Å². The van der Waals surface area contributed by atoms with Crippen molar-refractivity contribution in [2.45, 2.75) is 43.2 Å². The van der Waals surface area contributed by atoms with Crippen LogP contribution in [0.4, 0.5) is 0 Å². The molecule has 1 saturated heterocycles. The summed E-state index contributed by atoms with van der Waals surface area (Å²) < 4.78 is 16.4. The number of rotatable bonds is 4. The van der Waals surface area contributed by atoms with Gasteiger partial charge in [0.05, 0.1) is 6.61 Å². The molecular formula is C21H22O10. The molecule has 0 aliphatic carbocycles. The van der Waals surface area contributed by atoms with Gasteiger partial charge < -0.3 is 44.8 Å². The number of carbonyl (C=O) groups excluding carboxylic acids is 1. The molecule has 2 aliphatic heterocycles. The number of phenols is 2. The minimum Gasteiger partial charge on any atom is -0.508 e. The first-order chi connectivity index (χ1) is 14.8. The number of hydrogen-bond acceptors (Lipinski definition) is 10. The molecule has 6 atom stereocenters. The number of benzene rings is 2. The van der Waals surface area contributed by atoms with E-state index in [1.54, 1.807) is 12.1 Å². The fourth-order valence-electron chi connectivity index (χ4n) is 3.74. The van der Waals surface area contributed by atoms with E-state index in [-0.39, 0.29) is 29.2 Å². The van der Waals surface area contributed by atoms with Gasteiger partial charge in [0, 0.05) is 12.5 Å². The van der Waals surface area contributed by atoms with Crippen LogP contribution in [0.3, 0.4) is 0 Å². The molecular weight excluding hydrogens is 412 g/mol. The summed E-state index contributed by atoms with van der Waals surface area (Å²) in [7, 11) is 0. The first-order valence-corrected chi connectivity index (χ1v) is 9.61. The molecule has 2 aromatic carbocycles. The highest BCUT2D eigenvalue weighted by molar-refractivity contribution is 5.95. The van der Waals surface area contributed by atoms with Gasteiger partial charge in [0.25, 0.3) is 0 Å². The van der Waals surface area contributed by atoms with Crippen LogP contribution >= 0.6 is 0 Å². The van der Waals surface area contributed by atoms with Crippen LogP contribution in [0.2, 0.25) is 0 Å². The summed E-state index contributed by atoms with van der Waals surface area (Å²) in [5.41, 5.74) is 1.09. The van der Waals surface area contributed by atoms with Gasteiger partial charge in [0.2, 0.25) is 6.29 Å². The monoisotopic (exact) mass is 434 g/mol. The maximum Gasteiger partial charge on any atom is 0.342 e. The Hall–Kier alpha value is -2.89.